The molecule has 0 aromatic heterocycles. The van der Waals surface area contributed by atoms with Crippen LogP contribution in [0.3, 0.4) is 0 Å². The van der Waals surface area contributed by atoms with Crippen molar-refractivity contribution in [3.63, 3.8) is 0 Å². The highest BCUT2D eigenvalue weighted by molar-refractivity contribution is 6.17. The van der Waals surface area contributed by atoms with Gasteiger partial charge >= 0.3 is 0 Å². The van der Waals surface area contributed by atoms with Crippen LogP contribution in [0.15, 0.2) is 0 Å². The lowest BCUT2D eigenvalue weighted by Gasteiger charge is -2.16. The number of nitrogens with one attached hydrogen (secondary N) is 1. The van der Waals surface area contributed by atoms with Crippen LogP contribution in [0, 0.1) is 11.8 Å². The van der Waals surface area contributed by atoms with E-state index in [0.717, 1.165) is 25.8 Å². The second-order valence-electron chi connectivity index (χ2n) is 3.81. The van der Waals surface area contributed by atoms with Gasteiger partial charge in [0.1, 0.15) is 0 Å². The van der Waals surface area contributed by atoms with Gasteiger partial charge in [-0.15, -0.1) is 11.6 Å². The topological polar surface area (TPSA) is 29.1 Å². The van der Waals surface area contributed by atoms with Crippen LogP contribution < -0.4 is 5.32 Å². The number of amides is 1. The van der Waals surface area contributed by atoms with E-state index >= 15 is 0 Å². The summed E-state index contributed by atoms with van der Waals surface area (Å²) in [4.78, 5) is 11.5. The van der Waals surface area contributed by atoms with Crippen molar-refractivity contribution < 1.29 is 4.79 Å². The molecule has 0 aliphatic carbocycles. The third-order valence-corrected chi connectivity index (χ3v) is 2.94. The first kappa shape index (κ1) is 13.8. The second-order valence-corrected chi connectivity index (χ2v) is 4.18. The molecule has 0 radical (unpaired) electrons. The van der Waals surface area contributed by atoms with Gasteiger partial charge < -0.3 is 5.32 Å². The van der Waals surface area contributed by atoms with Crippen LogP contribution in [0.1, 0.15) is 40.0 Å². The number of halogens is 1. The van der Waals surface area contributed by atoms with Crippen molar-refractivity contribution in [1.82, 2.24) is 5.32 Å². The van der Waals surface area contributed by atoms with Gasteiger partial charge in [-0.25, -0.2) is 0 Å². The average Bonchev–Trinajstić information content (AvgIpc) is 2.22. The summed E-state index contributed by atoms with van der Waals surface area (Å²) < 4.78 is 0. The molecule has 84 valence electrons. The summed E-state index contributed by atoms with van der Waals surface area (Å²) in [5, 5.41) is 2.97. The first-order chi connectivity index (χ1) is 6.65. The van der Waals surface area contributed by atoms with Gasteiger partial charge in [0.2, 0.25) is 5.91 Å². The molecule has 0 aromatic rings. The number of hydrogen-bond donors (Lipinski definition) is 1. The standard InChI is InChI=1S/C11H22ClNO/c1-4-9(3)11(14)13-8-10(5-2)6-7-12/h9-10H,4-8H2,1-3H3,(H,13,14). The van der Waals surface area contributed by atoms with Gasteiger partial charge in [0.05, 0.1) is 0 Å². The predicted molar refractivity (Wildman–Crippen MR) is 61.6 cm³/mol. The summed E-state index contributed by atoms with van der Waals surface area (Å²) in [6.07, 6.45) is 2.96. The van der Waals surface area contributed by atoms with E-state index in [0.29, 0.717) is 11.8 Å². The Labute approximate surface area is 92.4 Å². The van der Waals surface area contributed by atoms with Crippen LogP contribution >= 0.6 is 11.6 Å². The van der Waals surface area contributed by atoms with Gasteiger partial charge in [0.15, 0.2) is 0 Å². The molecule has 1 N–H and O–H groups in total. The molecule has 0 aliphatic heterocycles. The Bertz CT molecular complexity index is 161. The second kappa shape index (κ2) is 8.10. The molecule has 14 heavy (non-hydrogen) atoms. The lowest BCUT2D eigenvalue weighted by Crippen LogP contribution is -2.33. The summed E-state index contributed by atoms with van der Waals surface area (Å²) >= 11 is 5.67. The first-order valence-electron chi connectivity index (χ1n) is 5.49. The van der Waals surface area contributed by atoms with Crippen LogP contribution in [0.25, 0.3) is 0 Å². The van der Waals surface area contributed by atoms with E-state index in [1.807, 2.05) is 13.8 Å². The highest BCUT2D eigenvalue weighted by atomic mass is 35.5. The third kappa shape index (κ3) is 5.48. The monoisotopic (exact) mass is 219 g/mol. The Morgan fingerprint density at radius 3 is 2.43 bits per heavy atom. The summed E-state index contributed by atoms with van der Waals surface area (Å²) in [6.45, 7) is 6.89. The molecule has 0 spiro atoms. The molecule has 0 rings (SSSR count). The molecule has 0 bridgehead atoms. The molecule has 0 heterocycles. The minimum absolute atomic E-state index is 0.128. The average molecular weight is 220 g/mol. The molecule has 0 aliphatic rings. The van der Waals surface area contributed by atoms with Crippen molar-refractivity contribution in [3.8, 4) is 0 Å². The number of carbonyl (C=O) groups excluding carboxylic acids is 1. The Balaban J connectivity index is 3.73. The highest BCUT2D eigenvalue weighted by Gasteiger charge is 2.12. The molecule has 2 nitrogen and oxygen atoms in total. The van der Waals surface area contributed by atoms with Crippen LogP contribution in [0.2, 0.25) is 0 Å². The molecule has 2 unspecified atom stereocenters. The minimum atomic E-state index is 0.128. The van der Waals surface area contributed by atoms with Gasteiger partial charge in [0.25, 0.3) is 0 Å². The van der Waals surface area contributed by atoms with E-state index in [1.165, 1.54) is 0 Å². The van der Waals surface area contributed by atoms with Crippen molar-refractivity contribution in [2.75, 3.05) is 12.4 Å². The van der Waals surface area contributed by atoms with Crippen LogP contribution in [-0.2, 0) is 4.79 Å². The SMILES string of the molecule is CCC(CCCl)CNC(=O)C(C)CC. The number of alkyl halides is 1. The van der Waals surface area contributed by atoms with Crippen molar-refractivity contribution in [3.05, 3.63) is 0 Å². The molecular formula is C11H22ClNO. The Kier molecular flexibility index (Phi) is 7.96. The van der Waals surface area contributed by atoms with E-state index < -0.39 is 0 Å². The summed E-state index contributed by atoms with van der Waals surface area (Å²) in [6, 6.07) is 0. The lowest BCUT2D eigenvalue weighted by molar-refractivity contribution is -0.124. The molecule has 0 fully saturated rings. The van der Waals surface area contributed by atoms with Crippen LogP contribution in [0.4, 0.5) is 0 Å². The fourth-order valence-electron chi connectivity index (χ4n) is 1.21. The van der Waals surface area contributed by atoms with E-state index in [-0.39, 0.29) is 11.8 Å². The number of carbonyl (C=O) groups is 1. The summed E-state index contributed by atoms with van der Waals surface area (Å²) in [5.41, 5.74) is 0. The molecule has 0 aromatic carbocycles. The lowest BCUT2D eigenvalue weighted by atomic mass is 10.0. The maximum absolute atomic E-state index is 11.5. The van der Waals surface area contributed by atoms with Crippen molar-refractivity contribution in [2.24, 2.45) is 11.8 Å². The van der Waals surface area contributed by atoms with Gasteiger partial charge in [-0.05, 0) is 18.8 Å². The molecular weight excluding hydrogens is 198 g/mol. The fraction of sp³-hybridized carbons (Fsp3) is 0.909. The van der Waals surface area contributed by atoms with Gasteiger partial charge in [-0.2, -0.15) is 0 Å². The predicted octanol–water partition coefficient (Wildman–Crippen LogP) is 2.80. The zero-order chi connectivity index (χ0) is 11.0. The first-order valence-corrected chi connectivity index (χ1v) is 6.02. The van der Waals surface area contributed by atoms with E-state index in [9.17, 15) is 4.79 Å². The van der Waals surface area contributed by atoms with Gasteiger partial charge in [-0.3, -0.25) is 4.79 Å². The minimum Gasteiger partial charge on any atom is -0.356 e. The van der Waals surface area contributed by atoms with E-state index in [2.05, 4.69) is 12.2 Å². The molecule has 2 atom stereocenters. The van der Waals surface area contributed by atoms with E-state index in [1.54, 1.807) is 0 Å². The normalized spacial score (nSPS) is 14.9. The molecule has 0 saturated carbocycles. The Morgan fingerprint density at radius 1 is 1.36 bits per heavy atom. The zero-order valence-electron chi connectivity index (χ0n) is 9.48. The van der Waals surface area contributed by atoms with Crippen molar-refractivity contribution in [1.29, 1.82) is 0 Å². The van der Waals surface area contributed by atoms with Crippen molar-refractivity contribution in [2.45, 2.75) is 40.0 Å². The molecule has 0 saturated heterocycles. The maximum atomic E-state index is 11.5. The van der Waals surface area contributed by atoms with Gasteiger partial charge in [-0.1, -0.05) is 27.2 Å². The van der Waals surface area contributed by atoms with E-state index in [4.69, 9.17) is 11.6 Å². The Morgan fingerprint density at radius 2 is 2.00 bits per heavy atom. The number of rotatable bonds is 7. The summed E-state index contributed by atoms with van der Waals surface area (Å²) in [7, 11) is 0. The quantitative estimate of drug-likeness (QED) is 0.656. The highest BCUT2D eigenvalue weighted by Crippen LogP contribution is 2.08. The van der Waals surface area contributed by atoms with Gasteiger partial charge in [0, 0.05) is 18.3 Å². The zero-order valence-corrected chi connectivity index (χ0v) is 10.2. The van der Waals surface area contributed by atoms with Crippen molar-refractivity contribution >= 4 is 17.5 Å². The van der Waals surface area contributed by atoms with Crippen LogP contribution in [-0.4, -0.2) is 18.3 Å². The Hall–Kier alpha value is -0.240. The number of hydrogen-bond acceptors (Lipinski definition) is 1. The smallest absolute Gasteiger partial charge is 0.222 e. The fourth-order valence-corrected chi connectivity index (χ4v) is 1.52. The molecule has 1 amide bonds. The largest absolute Gasteiger partial charge is 0.356 e. The summed E-state index contributed by atoms with van der Waals surface area (Å²) in [5.74, 6) is 1.50. The molecule has 3 heteroatoms. The maximum Gasteiger partial charge on any atom is 0.222 e. The third-order valence-electron chi connectivity index (χ3n) is 2.72. The van der Waals surface area contributed by atoms with Crippen LogP contribution in [0.5, 0.6) is 0 Å².